The first-order valence-electron chi connectivity index (χ1n) is 8.82. The SMILES string of the molecule is Cc1ccccc1-n1c(SCCS(C)(=O)=O)nnc1-c1c[nH]c2ccccc12. The fourth-order valence-electron chi connectivity index (χ4n) is 3.11. The van der Waals surface area contributed by atoms with Crippen LogP contribution in [0.1, 0.15) is 5.56 Å². The third-order valence-electron chi connectivity index (χ3n) is 4.51. The summed E-state index contributed by atoms with van der Waals surface area (Å²) in [5, 5.41) is 10.6. The summed E-state index contributed by atoms with van der Waals surface area (Å²) in [5.74, 6) is 1.26. The second-order valence-electron chi connectivity index (χ2n) is 6.65. The number of nitrogens with zero attached hydrogens (tertiary/aromatic N) is 3. The summed E-state index contributed by atoms with van der Waals surface area (Å²) >= 11 is 1.40. The molecule has 0 radical (unpaired) electrons. The minimum Gasteiger partial charge on any atom is -0.360 e. The van der Waals surface area contributed by atoms with Crippen LogP contribution in [0.3, 0.4) is 0 Å². The number of rotatable bonds is 6. The van der Waals surface area contributed by atoms with E-state index in [1.165, 1.54) is 18.0 Å². The molecular formula is C20H20N4O2S2. The molecule has 28 heavy (non-hydrogen) atoms. The van der Waals surface area contributed by atoms with Crippen molar-refractivity contribution in [1.82, 2.24) is 19.7 Å². The number of thioether (sulfide) groups is 1. The molecule has 8 heteroatoms. The molecule has 0 aliphatic carbocycles. The lowest BCUT2D eigenvalue weighted by atomic mass is 10.1. The predicted molar refractivity (Wildman–Crippen MR) is 114 cm³/mol. The number of sulfone groups is 1. The van der Waals surface area contributed by atoms with Crippen molar-refractivity contribution in [2.24, 2.45) is 0 Å². The van der Waals surface area contributed by atoms with Crippen LogP contribution in [-0.4, -0.2) is 45.9 Å². The molecule has 0 saturated heterocycles. The molecule has 6 nitrogen and oxygen atoms in total. The summed E-state index contributed by atoms with van der Waals surface area (Å²) < 4.78 is 25.0. The lowest BCUT2D eigenvalue weighted by Crippen LogP contribution is -2.07. The van der Waals surface area contributed by atoms with Gasteiger partial charge in [0.2, 0.25) is 0 Å². The zero-order valence-corrected chi connectivity index (χ0v) is 17.2. The maximum Gasteiger partial charge on any atom is 0.196 e. The molecule has 4 rings (SSSR count). The first-order valence-corrected chi connectivity index (χ1v) is 11.9. The molecule has 4 aromatic rings. The largest absolute Gasteiger partial charge is 0.360 e. The first-order chi connectivity index (χ1) is 13.4. The minimum atomic E-state index is -3.03. The molecule has 0 spiro atoms. The van der Waals surface area contributed by atoms with E-state index >= 15 is 0 Å². The number of aryl methyl sites for hydroxylation is 1. The van der Waals surface area contributed by atoms with Gasteiger partial charge in [0.05, 0.1) is 11.4 Å². The second-order valence-corrected chi connectivity index (χ2v) is 9.98. The van der Waals surface area contributed by atoms with Crippen LogP contribution in [0.5, 0.6) is 0 Å². The summed E-state index contributed by atoms with van der Waals surface area (Å²) in [4.78, 5) is 3.29. The molecule has 0 saturated carbocycles. The van der Waals surface area contributed by atoms with E-state index in [9.17, 15) is 8.42 Å². The Morgan fingerprint density at radius 1 is 1.07 bits per heavy atom. The first kappa shape index (κ1) is 18.8. The van der Waals surface area contributed by atoms with Crippen molar-refractivity contribution in [3.63, 3.8) is 0 Å². The number of fused-ring (bicyclic) bond motifs is 1. The second kappa shape index (κ2) is 7.44. The average molecular weight is 413 g/mol. The monoisotopic (exact) mass is 412 g/mol. The topological polar surface area (TPSA) is 80.6 Å². The summed E-state index contributed by atoms with van der Waals surface area (Å²) in [6.45, 7) is 2.04. The molecule has 2 heterocycles. The molecule has 0 fully saturated rings. The van der Waals surface area contributed by atoms with Gasteiger partial charge in [0.15, 0.2) is 11.0 Å². The van der Waals surface area contributed by atoms with Gasteiger partial charge in [0.1, 0.15) is 9.84 Å². The maximum absolute atomic E-state index is 11.5. The van der Waals surface area contributed by atoms with Crippen molar-refractivity contribution in [3.8, 4) is 17.1 Å². The molecule has 144 valence electrons. The van der Waals surface area contributed by atoms with Crippen LogP contribution >= 0.6 is 11.8 Å². The molecule has 0 aliphatic heterocycles. The van der Waals surface area contributed by atoms with Crippen LogP contribution < -0.4 is 0 Å². The van der Waals surface area contributed by atoms with E-state index in [1.807, 2.05) is 60.2 Å². The van der Waals surface area contributed by atoms with Gasteiger partial charge in [0.25, 0.3) is 0 Å². The highest BCUT2D eigenvalue weighted by molar-refractivity contribution is 8.00. The smallest absolute Gasteiger partial charge is 0.196 e. The Morgan fingerprint density at radius 2 is 1.82 bits per heavy atom. The van der Waals surface area contributed by atoms with Crippen LogP contribution in [0.15, 0.2) is 59.9 Å². The molecule has 0 unspecified atom stereocenters. The molecule has 0 atom stereocenters. The van der Waals surface area contributed by atoms with Crippen molar-refractivity contribution >= 4 is 32.5 Å². The number of hydrogen-bond acceptors (Lipinski definition) is 5. The fourth-order valence-corrected chi connectivity index (χ4v) is 5.25. The molecule has 0 aliphatic rings. The zero-order valence-electron chi connectivity index (χ0n) is 15.6. The van der Waals surface area contributed by atoms with Gasteiger partial charge in [-0.2, -0.15) is 0 Å². The van der Waals surface area contributed by atoms with E-state index in [4.69, 9.17) is 0 Å². The van der Waals surface area contributed by atoms with Crippen LogP contribution in [-0.2, 0) is 9.84 Å². The molecule has 2 aromatic carbocycles. The fraction of sp³-hybridized carbons (Fsp3) is 0.200. The highest BCUT2D eigenvalue weighted by Crippen LogP contribution is 2.33. The van der Waals surface area contributed by atoms with Crippen molar-refractivity contribution < 1.29 is 8.42 Å². The lowest BCUT2D eigenvalue weighted by Gasteiger charge is -2.12. The summed E-state index contributed by atoms with van der Waals surface area (Å²) in [5.41, 5.74) is 4.06. The Morgan fingerprint density at radius 3 is 2.61 bits per heavy atom. The number of benzene rings is 2. The van der Waals surface area contributed by atoms with E-state index in [2.05, 4.69) is 21.2 Å². The van der Waals surface area contributed by atoms with Gasteiger partial charge in [-0.05, 0) is 24.6 Å². The van der Waals surface area contributed by atoms with Gasteiger partial charge in [-0.15, -0.1) is 10.2 Å². The van der Waals surface area contributed by atoms with Gasteiger partial charge >= 0.3 is 0 Å². The van der Waals surface area contributed by atoms with Gasteiger partial charge in [-0.1, -0.05) is 48.2 Å². The molecule has 0 bridgehead atoms. The van der Waals surface area contributed by atoms with Crippen molar-refractivity contribution in [2.75, 3.05) is 17.8 Å². The standard InChI is InChI=1S/C20H20N4O2S2/c1-14-7-3-6-10-18(14)24-19(16-13-21-17-9-5-4-8-15(16)17)22-23-20(24)27-11-12-28(2,25)26/h3-10,13,21H,11-12H2,1-2H3. The van der Waals surface area contributed by atoms with Crippen LogP contribution in [0, 0.1) is 6.92 Å². The highest BCUT2D eigenvalue weighted by Gasteiger charge is 2.20. The number of aromatic nitrogens is 4. The Balaban J connectivity index is 1.84. The molecule has 0 amide bonds. The number of aromatic amines is 1. The maximum atomic E-state index is 11.5. The highest BCUT2D eigenvalue weighted by atomic mass is 32.2. The Kier molecular flexibility index (Phi) is 4.99. The zero-order chi connectivity index (χ0) is 19.7. The number of para-hydroxylation sites is 2. The lowest BCUT2D eigenvalue weighted by molar-refractivity contribution is 0.603. The van der Waals surface area contributed by atoms with Crippen molar-refractivity contribution in [2.45, 2.75) is 12.1 Å². The van der Waals surface area contributed by atoms with Gasteiger partial charge in [-0.25, -0.2) is 8.42 Å². The van der Waals surface area contributed by atoms with E-state index in [0.717, 1.165) is 33.5 Å². The molecule has 2 aromatic heterocycles. The van der Waals surface area contributed by atoms with Crippen LogP contribution in [0.4, 0.5) is 0 Å². The van der Waals surface area contributed by atoms with E-state index in [1.54, 1.807) is 0 Å². The Hall–Kier alpha value is -2.58. The number of hydrogen-bond donors (Lipinski definition) is 1. The summed E-state index contributed by atoms with van der Waals surface area (Å²) in [7, 11) is -3.03. The van der Waals surface area contributed by atoms with E-state index in [-0.39, 0.29) is 5.75 Å². The van der Waals surface area contributed by atoms with Gasteiger partial charge in [-0.3, -0.25) is 4.57 Å². The quantitative estimate of drug-likeness (QED) is 0.487. The van der Waals surface area contributed by atoms with E-state index < -0.39 is 9.84 Å². The van der Waals surface area contributed by atoms with Gasteiger partial charge in [0, 0.05) is 34.7 Å². The van der Waals surface area contributed by atoms with Crippen molar-refractivity contribution in [3.05, 3.63) is 60.3 Å². The Bertz CT molecular complexity index is 1240. The van der Waals surface area contributed by atoms with E-state index in [0.29, 0.717) is 10.9 Å². The van der Waals surface area contributed by atoms with Crippen LogP contribution in [0.25, 0.3) is 28.0 Å². The molecular weight excluding hydrogens is 392 g/mol. The van der Waals surface area contributed by atoms with Crippen LogP contribution in [0.2, 0.25) is 0 Å². The number of H-pyrrole nitrogens is 1. The average Bonchev–Trinajstić information content (AvgIpc) is 3.25. The third kappa shape index (κ3) is 3.70. The molecule has 1 N–H and O–H groups in total. The Labute approximate surface area is 167 Å². The summed E-state index contributed by atoms with van der Waals surface area (Å²) in [6, 6.07) is 16.1. The predicted octanol–water partition coefficient (Wildman–Crippen LogP) is 3.86. The minimum absolute atomic E-state index is 0.0979. The van der Waals surface area contributed by atoms with Crippen molar-refractivity contribution in [1.29, 1.82) is 0 Å². The van der Waals surface area contributed by atoms with Gasteiger partial charge < -0.3 is 4.98 Å². The summed E-state index contributed by atoms with van der Waals surface area (Å²) in [6.07, 6.45) is 3.19. The number of nitrogens with one attached hydrogen (secondary N) is 1. The third-order valence-corrected chi connectivity index (χ3v) is 6.64. The normalized spacial score (nSPS) is 11.9.